The van der Waals surface area contributed by atoms with Crippen LogP contribution in [0.1, 0.15) is 20.3 Å². The zero-order valence-corrected chi connectivity index (χ0v) is 11.3. The van der Waals surface area contributed by atoms with Crippen LogP contribution in [0.2, 0.25) is 0 Å². The van der Waals surface area contributed by atoms with E-state index < -0.39 is 0 Å². The Kier molecular flexibility index (Phi) is 4.35. The van der Waals surface area contributed by atoms with Gasteiger partial charge in [-0.05, 0) is 29.7 Å². The topological polar surface area (TPSA) is 26.3 Å². The zero-order valence-electron chi connectivity index (χ0n) is 11.3. The van der Waals surface area contributed by atoms with E-state index in [1.54, 1.807) is 0 Å². The molecule has 0 bridgehead atoms. The van der Waals surface area contributed by atoms with Crippen LogP contribution in [0.25, 0.3) is 11.1 Å². The molecule has 0 N–H and O–H groups in total. The van der Waals surface area contributed by atoms with Crippen molar-refractivity contribution in [1.29, 1.82) is 0 Å². The molecule has 2 heteroatoms. The highest BCUT2D eigenvalue weighted by molar-refractivity contribution is 5.75. The van der Waals surface area contributed by atoms with Gasteiger partial charge in [-0.2, -0.15) is 0 Å². The van der Waals surface area contributed by atoms with Gasteiger partial charge in [0.2, 0.25) is 0 Å². The molecule has 98 valence electrons. The van der Waals surface area contributed by atoms with E-state index in [9.17, 15) is 4.79 Å². The normalized spacial score (nSPS) is 11.9. The third-order valence-corrected chi connectivity index (χ3v) is 3.19. The molecule has 0 aliphatic carbocycles. The van der Waals surface area contributed by atoms with Crippen LogP contribution in [0.3, 0.4) is 0 Å². The molecular formula is C17H18O2. The summed E-state index contributed by atoms with van der Waals surface area (Å²) in [7, 11) is 0. The number of carbonyl (C=O) groups excluding carboxylic acids is 1. The molecule has 2 aromatic rings. The maximum atomic E-state index is 11.7. The Labute approximate surface area is 114 Å². The second-order valence-electron chi connectivity index (χ2n) is 4.62. The fourth-order valence-corrected chi connectivity index (χ4v) is 1.73. The summed E-state index contributed by atoms with van der Waals surface area (Å²) in [4.78, 5) is 11.7. The second kappa shape index (κ2) is 6.19. The van der Waals surface area contributed by atoms with Gasteiger partial charge in [0.15, 0.2) is 0 Å². The molecule has 0 saturated carbocycles. The third kappa shape index (κ3) is 3.44. The van der Waals surface area contributed by atoms with Crippen molar-refractivity contribution < 1.29 is 9.53 Å². The lowest BCUT2D eigenvalue weighted by atomic mass is 10.1. The van der Waals surface area contributed by atoms with Crippen molar-refractivity contribution in [2.45, 2.75) is 20.3 Å². The van der Waals surface area contributed by atoms with Gasteiger partial charge in [-0.15, -0.1) is 0 Å². The zero-order chi connectivity index (χ0) is 13.7. The van der Waals surface area contributed by atoms with E-state index in [4.69, 9.17) is 4.74 Å². The standard InChI is InChI=1S/C17H18O2/c1-3-13(2)17(18)19-16-11-9-15(10-12-16)14-7-5-4-6-8-14/h4-13H,3H2,1-2H3. The van der Waals surface area contributed by atoms with Gasteiger partial charge >= 0.3 is 5.97 Å². The summed E-state index contributed by atoms with van der Waals surface area (Å²) in [6.07, 6.45) is 0.793. The molecule has 0 aliphatic heterocycles. The van der Waals surface area contributed by atoms with E-state index in [1.807, 2.05) is 56.3 Å². The number of esters is 1. The Morgan fingerprint density at radius 2 is 1.58 bits per heavy atom. The average Bonchev–Trinajstić information content (AvgIpc) is 2.48. The van der Waals surface area contributed by atoms with Crippen molar-refractivity contribution in [1.82, 2.24) is 0 Å². The minimum absolute atomic E-state index is 0.0613. The molecule has 2 rings (SSSR count). The Hall–Kier alpha value is -2.09. The first-order valence-corrected chi connectivity index (χ1v) is 6.58. The first-order valence-electron chi connectivity index (χ1n) is 6.58. The Morgan fingerprint density at radius 1 is 1.00 bits per heavy atom. The molecule has 0 aliphatic rings. The molecule has 1 unspecified atom stereocenters. The van der Waals surface area contributed by atoms with Crippen LogP contribution in [0.15, 0.2) is 54.6 Å². The predicted molar refractivity (Wildman–Crippen MR) is 77.0 cm³/mol. The van der Waals surface area contributed by atoms with Gasteiger partial charge in [-0.3, -0.25) is 4.79 Å². The number of rotatable bonds is 4. The quantitative estimate of drug-likeness (QED) is 0.600. The Bertz CT molecular complexity index is 529. The number of hydrogen-bond acceptors (Lipinski definition) is 2. The molecule has 0 fully saturated rings. The summed E-state index contributed by atoms with van der Waals surface area (Å²) in [5.41, 5.74) is 2.27. The summed E-state index contributed by atoms with van der Waals surface area (Å²) in [6, 6.07) is 17.7. The van der Waals surface area contributed by atoms with Crippen LogP contribution in [-0.2, 0) is 4.79 Å². The first-order chi connectivity index (χ1) is 9.20. The maximum Gasteiger partial charge on any atom is 0.314 e. The molecule has 0 aromatic heterocycles. The van der Waals surface area contributed by atoms with Crippen LogP contribution < -0.4 is 4.74 Å². The van der Waals surface area contributed by atoms with Crippen molar-refractivity contribution >= 4 is 5.97 Å². The Morgan fingerprint density at radius 3 is 2.16 bits per heavy atom. The monoisotopic (exact) mass is 254 g/mol. The second-order valence-corrected chi connectivity index (χ2v) is 4.62. The maximum absolute atomic E-state index is 11.7. The van der Waals surface area contributed by atoms with Crippen molar-refractivity contribution in [2.24, 2.45) is 5.92 Å². The van der Waals surface area contributed by atoms with Crippen LogP contribution >= 0.6 is 0 Å². The highest BCUT2D eigenvalue weighted by atomic mass is 16.5. The summed E-state index contributed by atoms with van der Waals surface area (Å²) in [5.74, 6) is 0.369. The first kappa shape index (κ1) is 13.3. The van der Waals surface area contributed by atoms with Gasteiger partial charge in [0.25, 0.3) is 0 Å². The highest BCUT2D eigenvalue weighted by Gasteiger charge is 2.12. The van der Waals surface area contributed by atoms with Crippen LogP contribution in [0, 0.1) is 5.92 Å². The highest BCUT2D eigenvalue weighted by Crippen LogP contribution is 2.22. The molecule has 2 nitrogen and oxygen atoms in total. The van der Waals surface area contributed by atoms with Crippen LogP contribution in [0.4, 0.5) is 0 Å². The Balaban J connectivity index is 2.09. The predicted octanol–water partition coefficient (Wildman–Crippen LogP) is 4.31. The lowest BCUT2D eigenvalue weighted by molar-refractivity contribution is -0.138. The molecule has 0 saturated heterocycles. The lowest BCUT2D eigenvalue weighted by Gasteiger charge is -2.09. The minimum atomic E-state index is -0.171. The van der Waals surface area contributed by atoms with Gasteiger partial charge < -0.3 is 4.74 Å². The van der Waals surface area contributed by atoms with Gasteiger partial charge in [-0.25, -0.2) is 0 Å². The van der Waals surface area contributed by atoms with Crippen LogP contribution in [-0.4, -0.2) is 5.97 Å². The molecule has 0 amide bonds. The van der Waals surface area contributed by atoms with E-state index in [2.05, 4.69) is 12.1 Å². The smallest absolute Gasteiger partial charge is 0.314 e. The molecule has 0 spiro atoms. The molecular weight excluding hydrogens is 236 g/mol. The average molecular weight is 254 g/mol. The number of carbonyl (C=O) groups is 1. The fraction of sp³-hybridized carbons (Fsp3) is 0.235. The summed E-state index contributed by atoms with van der Waals surface area (Å²) in [5, 5.41) is 0. The van der Waals surface area contributed by atoms with Gasteiger partial charge in [-0.1, -0.05) is 56.3 Å². The van der Waals surface area contributed by atoms with E-state index in [1.165, 1.54) is 0 Å². The molecule has 1 atom stereocenters. The number of hydrogen-bond donors (Lipinski definition) is 0. The molecule has 2 aromatic carbocycles. The number of ether oxygens (including phenoxy) is 1. The largest absolute Gasteiger partial charge is 0.426 e. The van der Waals surface area contributed by atoms with Crippen molar-refractivity contribution in [3.05, 3.63) is 54.6 Å². The van der Waals surface area contributed by atoms with E-state index >= 15 is 0 Å². The summed E-state index contributed by atoms with van der Waals surface area (Å²) < 4.78 is 5.32. The van der Waals surface area contributed by atoms with E-state index in [0.717, 1.165) is 17.5 Å². The van der Waals surface area contributed by atoms with Crippen molar-refractivity contribution in [2.75, 3.05) is 0 Å². The lowest BCUT2D eigenvalue weighted by Crippen LogP contribution is -2.16. The van der Waals surface area contributed by atoms with Gasteiger partial charge in [0.05, 0.1) is 5.92 Å². The molecule has 0 radical (unpaired) electrons. The molecule has 19 heavy (non-hydrogen) atoms. The summed E-state index contributed by atoms with van der Waals surface area (Å²) >= 11 is 0. The van der Waals surface area contributed by atoms with E-state index in [-0.39, 0.29) is 11.9 Å². The van der Waals surface area contributed by atoms with E-state index in [0.29, 0.717) is 5.75 Å². The SMILES string of the molecule is CCC(C)C(=O)Oc1ccc(-c2ccccc2)cc1. The van der Waals surface area contributed by atoms with Gasteiger partial charge in [0.1, 0.15) is 5.75 Å². The molecule has 0 heterocycles. The number of benzene rings is 2. The fourth-order valence-electron chi connectivity index (χ4n) is 1.73. The van der Waals surface area contributed by atoms with Crippen molar-refractivity contribution in [3.63, 3.8) is 0 Å². The summed E-state index contributed by atoms with van der Waals surface area (Å²) in [6.45, 7) is 3.85. The third-order valence-electron chi connectivity index (χ3n) is 3.19. The van der Waals surface area contributed by atoms with Crippen LogP contribution in [0.5, 0.6) is 5.75 Å². The minimum Gasteiger partial charge on any atom is -0.426 e. The van der Waals surface area contributed by atoms with Gasteiger partial charge in [0, 0.05) is 0 Å². The van der Waals surface area contributed by atoms with Crippen molar-refractivity contribution in [3.8, 4) is 16.9 Å².